The lowest BCUT2D eigenvalue weighted by Crippen LogP contribution is -1.81. The van der Waals surface area contributed by atoms with Crippen molar-refractivity contribution in [3.8, 4) is 0 Å². The Kier molecular flexibility index (Phi) is 1.81. The van der Waals surface area contributed by atoms with Crippen LogP contribution in [-0.4, -0.2) is 11.4 Å². The number of aldehydes is 1. The van der Waals surface area contributed by atoms with Gasteiger partial charge < -0.3 is 4.52 Å². The molecule has 0 saturated heterocycles. The summed E-state index contributed by atoms with van der Waals surface area (Å²) in [6.07, 6.45) is 0.694. The number of hydrogen-bond donors (Lipinski definition) is 0. The zero-order valence-corrected chi connectivity index (χ0v) is 7.63. The lowest BCUT2D eigenvalue weighted by Gasteiger charge is -1.94. The Hall–Kier alpha value is -1.35. The van der Waals surface area contributed by atoms with Crippen LogP contribution in [0.1, 0.15) is 16.1 Å². The molecule has 66 valence electrons. The van der Waals surface area contributed by atoms with E-state index >= 15 is 0 Å². The molecule has 0 spiro atoms. The molecule has 0 saturated carbocycles. The van der Waals surface area contributed by atoms with Crippen molar-refractivity contribution < 1.29 is 9.32 Å². The van der Waals surface area contributed by atoms with E-state index in [0.29, 0.717) is 22.5 Å². The fourth-order valence-corrected chi connectivity index (χ4v) is 1.44. The maximum Gasteiger partial charge on any atom is 0.186 e. The van der Waals surface area contributed by atoms with Gasteiger partial charge in [-0.1, -0.05) is 16.8 Å². The van der Waals surface area contributed by atoms with Crippen LogP contribution in [0.15, 0.2) is 16.7 Å². The van der Waals surface area contributed by atoms with E-state index in [1.54, 1.807) is 12.1 Å². The molecule has 1 aromatic heterocycles. The van der Waals surface area contributed by atoms with E-state index in [1.165, 1.54) is 0 Å². The first kappa shape index (κ1) is 8.26. The molecule has 2 aromatic rings. The average Bonchev–Trinajstić information content (AvgIpc) is 2.50. The monoisotopic (exact) mass is 195 g/mol. The molecule has 4 heteroatoms. The van der Waals surface area contributed by atoms with Crippen molar-refractivity contribution in [2.45, 2.75) is 6.92 Å². The highest BCUT2D eigenvalue weighted by molar-refractivity contribution is 6.37. The number of benzene rings is 1. The van der Waals surface area contributed by atoms with Crippen LogP contribution in [0.3, 0.4) is 0 Å². The lowest BCUT2D eigenvalue weighted by atomic mass is 10.1. The number of carbonyl (C=O) groups excluding carboxylic acids is 1. The second-order valence-corrected chi connectivity index (χ2v) is 3.11. The summed E-state index contributed by atoms with van der Waals surface area (Å²) in [6, 6.07) is 3.43. The number of nitrogens with zero attached hydrogens (tertiary/aromatic N) is 1. The summed E-state index contributed by atoms with van der Waals surface area (Å²) in [5.41, 5.74) is 1.67. The number of aryl methyl sites for hydroxylation is 1. The lowest BCUT2D eigenvalue weighted by molar-refractivity contribution is 0.112. The number of rotatable bonds is 1. The van der Waals surface area contributed by atoms with E-state index in [2.05, 4.69) is 5.16 Å². The van der Waals surface area contributed by atoms with E-state index < -0.39 is 0 Å². The topological polar surface area (TPSA) is 43.1 Å². The van der Waals surface area contributed by atoms with Crippen LogP contribution >= 0.6 is 11.6 Å². The van der Waals surface area contributed by atoms with Gasteiger partial charge in [0.15, 0.2) is 11.9 Å². The molecule has 0 aliphatic heterocycles. The van der Waals surface area contributed by atoms with Crippen molar-refractivity contribution in [3.63, 3.8) is 0 Å². The molecule has 1 aromatic carbocycles. The molecule has 0 amide bonds. The molecule has 13 heavy (non-hydrogen) atoms. The Bertz CT molecular complexity index is 476. The van der Waals surface area contributed by atoms with Gasteiger partial charge in [0.2, 0.25) is 0 Å². The van der Waals surface area contributed by atoms with Crippen LogP contribution in [0.4, 0.5) is 0 Å². The van der Waals surface area contributed by atoms with Gasteiger partial charge in [-0.15, -0.1) is 0 Å². The van der Waals surface area contributed by atoms with Crippen molar-refractivity contribution in [2.75, 3.05) is 0 Å². The summed E-state index contributed by atoms with van der Waals surface area (Å²) in [6.45, 7) is 1.82. The van der Waals surface area contributed by atoms with E-state index in [1.807, 2.05) is 6.92 Å². The van der Waals surface area contributed by atoms with E-state index in [9.17, 15) is 4.79 Å². The summed E-state index contributed by atoms with van der Waals surface area (Å²) in [5, 5.41) is 4.93. The van der Waals surface area contributed by atoms with Gasteiger partial charge in [-0.05, 0) is 19.1 Å². The molecule has 0 aliphatic carbocycles. The predicted octanol–water partition coefficient (Wildman–Crippen LogP) is 2.60. The standard InChI is InChI=1S/C9H6ClNO2/c1-5-7-3-2-6(4-12)8(10)9(7)13-11-5/h2-4H,1H3. The molecular weight excluding hydrogens is 190 g/mol. The highest BCUT2D eigenvalue weighted by atomic mass is 35.5. The Morgan fingerprint density at radius 1 is 1.54 bits per heavy atom. The normalized spacial score (nSPS) is 10.6. The third-order valence-corrected chi connectivity index (χ3v) is 2.31. The zero-order chi connectivity index (χ0) is 9.42. The van der Waals surface area contributed by atoms with Crippen molar-refractivity contribution in [2.24, 2.45) is 0 Å². The first-order chi connectivity index (χ1) is 6.24. The summed E-state index contributed by atoms with van der Waals surface area (Å²) < 4.78 is 4.98. The Morgan fingerprint density at radius 2 is 2.31 bits per heavy atom. The first-order valence-electron chi connectivity index (χ1n) is 3.73. The van der Waals surface area contributed by atoms with Crippen LogP contribution in [0.25, 0.3) is 11.0 Å². The second-order valence-electron chi connectivity index (χ2n) is 2.73. The third kappa shape index (κ3) is 1.12. The highest BCUT2D eigenvalue weighted by Crippen LogP contribution is 2.27. The predicted molar refractivity (Wildman–Crippen MR) is 49.1 cm³/mol. The highest BCUT2D eigenvalue weighted by Gasteiger charge is 2.10. The quantitative estimate of drug-likeness (QED) is 0.657. The minimum Gasteiger partial charge on any atom is -0.354 e. The average molecular weight is 196 g/mol. The SMILES string of the molecule is Cc1noc2c(Cl)c(C=O)ccc12. The molecule has 1 heterocycles. The van der Waals surface area contributed by atoms with Crippen molar-refractivity contribution >= 4 is 28.9 Å². The van der Waals surface area contributed by atoms with E-state index in [0.717, 1.165) is 11.1 Å². The van der Waals surface area contributed by atoms with Crippen molar-refractivity contribution in [3.05, 3.63) is 28.4 Å². The first-order valence-corrected chi connectivity index (χ1v) is 4.11. The molecule has 0 fully saturated rings. The van der Waals surface area contributed by atoms with Gasteiger partial charge in [0.1, 0.15) is 0 Å². The minimum atomic E-state index is 0.327. The van der Waals surface area contributed by atoms with Gasteiger partial charge in [-0.25, -0.2) is 0 Å². The number of fused-ring (bicyclic) bond motifs is 1. The molecular formula is C9H6ClNO2. The maximum absolute atomic E-state index is 10.5. The van der Waals surface area contributed by atoms with Crippen molar-refractivity contribution in [1.82, 2.24) is 5.16 Å². The third-order valence-electron chi connectivity index (χ3n) is 1.92. The largest absolute Gasteiger partial charge is 0.354 e. The molecule has 0 unspecified atom stereocenters. The van der Waals surface area contributed by atoms with Gasteiger partial charge in [0.25, 0.3) is 0 Å². The fraction of sp³-hybridized carbons (Fsp3) is 0.111. The van der Waals surface area contributed by atoms with Crippen LogP contribution in [-0.2, 0) is 0 Å². The summed E-state index contributed by atoms with van der Waals surface area (Å²) >= 11 is 5.89. The zero-order valence-electron chi connectivity index (χ0n) is 6.87. The molecule has 0 bridgehead atoms. The molecule has 0 aliphatic rings. The Balaban J connectivity index is 2.87. The smallest absolute Gasteiger partial charge is 0.186 e. The van der Waals surface area contributed by atoms with Crippen LogP contribution in [0, 0.1) is 6.92 Å². The molecule has 0 atom stereocenters. The molecule has 0 N–H and O–H groups in total. The van der Waals surface area contributed by atoms with Crippen molar-refractivity contribution in [1.29, 1.82) is 0 Å². The van der Waals surface area contributed by atoms with Gasteiger partial charge in [0, 0.05) is 10.9 Å². The number of hydrogen-bond acceptors (Lipinski definition) is 3. The van der Waals surface area contributed by atoms with Crippen LogP contribution in [0.2, 0.25) is 5.02 Å². The Morgan fingerprint density at radius 3 is 3.00 bits per heavy atom. The molecule has 0 radical (unpaired) electrons. The van der Waals surface area contributed by atoms with E-state index in [-0.39, 0.29) is 0 Å². The van der Waals surface area contributed by atoms with Gasteiger partial charge in [0.05, 0.1) is 10.7 Å². The summed E-state index contributed by atoms with van der Waals surface area (Å²) in [4.78, 5) is 10.5. The van der Waals surface area contributed by atoms with Gasteiger partial charge in [-0.2, -0.15) is 0 Å². The van der Waals surface area contributed by atoms with E-state index in [4.69, 9.17) is 16.1 Å². The summed E-state index contributed by atoms with van der Waals surface area (Å²) in [5.74, 6) is 0. The van der Waals surface area contributed by atoms with Crippen LogP contribution in [0.5, 0.6) is 0 Å². The number of aromatic nitrogens is 1. The molecule has 3 nitrogen and oxygen atoms in total. The Labute approximate surface area is 79.3 Å². The summed E-state index contributed by atoms with van der Waals surface area (Å²) in [7, 11) is 0. The van der Waals surface area contributed by atoms with Crippen LogP contribution < -0.4 is 0 Å². The molecule has 2 rings (SSSR count). The second kappa shape index (κ2) is 2.85. The maximum atomic E-state index is 10.5. The number of carbonyl (C=O) groups is 1. The minimum absolute atomic E-state index is 0.327. The fourth-order valence-electron chi connectivity index (χ4n) is 1.20. The van der Waals surface area contributed by atoms with Gasteiger partial charge in [-0.3, -0.25) is 4.79 Å². The number of halogens is 1. The van der Waals surface area contributed by atoms with Gasteiger partial charge >= 0.3 is 0 Å².